The van der Waals surface area contributed by atoms with Crippen LogP contribution in [0.25, 0.3) is 0 Å². The molecule has 0 bridgehead atoms. The van der Waals surface area contributed by atoms with Gasteiger partial charge in [0, 0.05) is 25.2 Å². The van der Waals surface area contributed by atoms with Crippen molar-refractivity contribution in [2.24, 2.45) is 0 Å². The number of imidazole rings is 1. The summed E-state index contributed by atoms with van der Waals surface area (Å²) in [5.74, 6) is -0.142. The van der Waals surface area contributed by atoms with Crippen molar-refractivity contribution in [1.82, 2.24) is 20.2 Å². The molecule has 1 saturated heterocycles. The normalized spacial score (nSPS) is 17.5. The lowest BCUT2D eigenvalue weighted by atomic mass is 10.1. The Balaban J connectivity index is 1.53. The summed E-state index contributed by atoms with van der Waals surface area (Å²) in [5, 5.41) is 2.90. The number of amides is 2. The van der Waals surface area contributed by atoms with E-state index in [1.807, 2.05) is 23.1 Å². The number of aromatic amines is 1. The molecule has 1 aliphatic rings. The number of hydrogen-bond acceptors (Lipinski definition) is 3. The van der Waals surface area contributed by atoms with E-state index in [1.165, 1.54) is 11.9 Å². The average Bonchev–Trinajstić information content (AvgIpc) is 3.12. The molecule has 1 aromatic heterocycles. The van der Waals surface area contributed by atoms with E-state index in [1.54, 1.807) is 6.92 Å². The lowest BCUT2D eigenvalue weighted by Gasteiger charge is -2.17. The third-order valence-electron chi connectivity index (χ3n) is 4.11. The van der Waals surface area contributed by atoms with Crippen LogP contribution in [0.4, 0.5) is 0 Å². The van der Waals surface area contributed by atoms with Crippen LogP contribution in [-0.4, -0.2) is 45.8 Å². The van der Waals surface area contributed by atoms with Crippen LogP contribution in [0.15, 0.2) is 36.7 Å². The van der Waals surface area contributed by atoms with Gasteiger partial charge in [-0.1, -0.05) is 30.3 Å². The fraction of sp³-hybridized carbons (Fsp3) is 0.353. The van der Waals surface area contributed by atoms with Crippen LogP contribution >= 0.6 is 0 Å². The third kappa shape index (κ3) is 3.59. The zero-order valence-corrected chi connectivity index (χ0v) is 13.1. The van der Waals surface area contributed by atoms with Gasteiger partial charge in [-0.15, -0.1) is 0 Å². The van der Waals surface area contributed by atoms with Crippen LogP contribution in [0.3, 0.4) is 0 Å². The van der Waals surface area contributed by atoms with Crippen molar-refractivity contribution in [2.45, 2.75) is 25.8 Å². The van der Waals surface area contributed by atoms with Gasteiger partial charge in [-0.25, -0.2) is 4.98 Å². The van der Waals surface area contributed by atoms with Gasteiger partial charge in [0.2, 0.25) is 5.91 Å². The summed E-state index contributed by atoms with van der Waals surface area (Å²) in [4.78, 5) is 32.9. The number of nitrogens with one attached hydrogen (secondary N) is 2. The van der Waals surface area contributed by atoms with Crippen molar-refractivity contribution < 1.29 is 9.59 Å². The second kappa shape index (κ2) is 6.64. The first-order valence-corrected chi connectivity index (χ1v) is 7.76. The minimum atomic E-state index is -0.230. The molecule has 6 nitrogen and oxygen atoms in total. The Morgan fingerprint density at radius 3 is 2.87 bits per heavy atom. The van der Waals surface area contributed by atoms with Gasteiger partial charge in [-0.05, 0) is 18.9 Å². The maximum absolute atomic E-state index is 12.2. The highest BCUT2D eigenvalue weighted by molar-refractivity contribution is 5.94. The molecule has 1 aromatic carbocycles. The van der Waals surface area contributed by atoms with Gasteiger partial charge < -0.3 is 15.2 Å². The molecule has 2 heterocycles. The van der Waals surface area contributed by atoms with Gasteiger partial charge >= 0.3 is 0 Å². The van der Waals surface area contributed by atoms with Gasteiger partial charge in [0.05, 0.1) is 12.4 Å². The van der Waals surface area contributed by atoms with Crippen molar-refractivity contribution in [3.8, 4) is 0 Å². The largest absolute Gasteiger partial charge is 0.348 e. The first kappa shape index (κ1) is 15.3. The van der Waals surface area contributed by atoms with Crippen molar-refractivity contribution in [2.75, 3.05) is 13.1 Å². The summed E-state index contributed by atoms with van der Waals surface area (Å²) >= 11 is 0. The molecule has 1 fully saturated rings. The molecule has 3 rings (SSSR count). The Bertz CT molecular complexity index is 696. The first-order valence-electron chi connectivity index (χ1n) is 7.76. The van der Waals surface area contributed by atoms with Crippen LogP contribution in [0, 0.1) is 6.92 Å². The summed E-state index contributed by atoms with van der Waals surface area (Å²) in [6.07, 6.45) is 2.67. The fourth-order valence-corrected chi connectivity index (χ4v) is 2.84. The van der Waals surface area contributed by atoms with Crippen LogP contribution in [0.5, 0.6) is 0 Å². The van der Waals surface area contributed by atoms with Crippen LogP contribution in [0.1, 0.15) is 28.2 Å². The van der Waals surface area contributed by atoms with E-state index in [0.717, 1.165) is 12.1 Å². The van der Waals surface area contributed by atoms with Gasteiger partial charge in [-0.3, -0.25) is 9.59 Å². The molecule has 0 aliphatic carbocycles. The summed E-state index contributed by atoms with van der Waals surface area (Å²) in [7, 11) is 0. The Morgan fingerprint density at radius 2 is 2.17 bits per heavy atom. The van der Waals surface area contributed by atoms with Gasteiger partial charge in [-0.2, -0.15) is 0 Å². The number of hydrogen-bond donors (Lipinski definition) is 2. The van der Waals surface area contributed by atoms with E-state index in [-0.39, 0.29) is 17.9 Å². The van der Waals surface area contributed by atoms with Crippen LogP contribution in [-0.2, 0) is 11.2 Å². The minimum Gasteiger partial charge on any atom is -0.348 e. The van der Waals surface area contributed by atoms with E-state index in [9.17, 15) is 9.59 Å². The van der Waals surface area contributed by atoms with Crippen LogP contribution in [0.2, 0.25) is 0 Å². The minimum absolute atomic E-state index is 0.0879. The molecule has 0 saturated carbocycles. The van der Waals surface area contributed by atoms with Crippen molar-refractivity contribution in [3.63, 3.8) is 0 Å². The molecule has 23 heavy (non-hydrogen) atoms. The predicted octanol–water partition coefficient (Wildman–Crippen LogP) is 1.29. The topological polar surface area (TPSA) is 78.1 Å². The van der Waals surface area contributed by atoms with Crippen molar-refractivity contribution in [3.05, 3.63) is 53.6 Å². The first-order chi connectivity index (χ1) is 11.1. The lowest BCUT2D eigenvalue weighted by Crippen LogP contribution is -2.38. The fourth-order valence-electron chi connectivity index (χ4n) is 2.84. The van der Waals surface area contributed by atoms with Gasteiger partial charge in [0.1, 0.15) is 5.69 Å². The highest BCUT2D eigenvalue weighted by Gasteiger charge is 2.30. The average molecular weight is 312 g/mol. The number of nitrogens with zero attached hydrogens (tertiary/aromatic N) is 2. The predicted molar refractivity (Wildman–Crippen MR) is 85.9 cm³/mol. The number of aromatic nitrogens is 2. The summed E-state index contributed by atoms with van der Waals surface area (Å²) in [6, 6.07) is 9.93. The molecule has 2 amide bonds. The maximum Gasteiger partial charge on any atom is 0.272 e. The number of aryl methyl sites for hydroxylation is 1. The van der Waals surface area contributed by atoms with E-state index in [2.05, 4.69) is 27.4 Å². The summed E-state index contributed by atoms with van der Waals surface area (Å²) < 4.78 is 0. The molecular weight excluding hydrogens is 292 g/mol. The monoisotopic (exact) mass is 312 g/mol. The Morgan fingerprint density at radius 1 is 1.39 bits per heavy atom. The second-order valence-corrected chi connectivity index (χ2v) is 5.83. The molecule has 0 unspecified atom stereocenters. The highest BCUT2D eigenvalue weighted by atomic mass is 16.2. The quantitative estimate of drug-likeness (QED) is 0.873. The number of carbonyl (C=O) groups excluding carboxylic acids is 2. The third-order valence-corrected chi connectivity index (χ3v) is 4.11. The number of rotatable bonds is 5. The van der Waals surface area contributed by atoms with Crippen LogP contribution < -0.4 is 5.32 Å². The molecule has 0 spiro atoms. The smallest absolute Gasteiger partial charge is 0.272 e. The van der Waals surface area contributed by atoms with Crippen molar-refractivity contribution >= 4 is 11.8 Å². The lowest BCUT2D eigenvalue weighted by molar-refractivity contribution is -0.127. The number of benzene rings is 1. The maximum atomic E-state index is 12.2. The Hall–Kier alpha value is -2.63. The summed E-state index contributed by atoms with van der Waals surface area (Å²) in [6.45, 7) is 3.03. The second-order valence-electron chi connectivity index (χ2n) is 5.83. The molecular formula is C17H20N4O2. The van der Waals surface area contributed by atoms with E-state index < -0.39 is 0 Å². The number of carbonyl (C=O) groups is 2. The molecule has 1 atom stereocenters. The molecule has 1 aliphatic heterocycles. The molecule has 0 radical (unpaired) electrons. The molecule has 120 valence electrons. The standard InChI is InChI=1S/C17H20N4O2/c1-12-16(19-11-18-12)17(23)20-14-9-15(22)21(10-14)8-7-13-5-3-2-4-6-13/h2-6,11,14H,7-10H2,1H3,(H,18,19)(H,20,23)/t14-/m0/s1. The SMILES string of the molecule is Cc1[nH]cnc1C(=O)N[C@H]1CC(=O)N(CCc2ccccc2)C1. The number of H-pyrrole nitrogens is 1. The Kier molecular flexibility index (Phi) is 4.41. The molecule has 2 aromatic rings. The highest BCUT2D eigenvalue weighted by Crippen LogP contribution is 2.13. The van der Waals surface area contributed by atoms with E-state index in [4.69, 9.17) is 0 Å². The van der Waals surface area contributed by atoms with Gasteiger partial charge in [0.15, 0.2) is 0 Å². The summed E-state index contributed by atoms with van der Waals surface area (Å²) in [5.41, 5.74) is 2.33. The number of likely N-dealkylation sites (tertiary alicyclic amines) is 1. The molecule has 2 N–H and O–H groups in total. The van der Waals surface area contributed by atoms with E-state index >= 15 is 0 Å². The van der Waals surface area contributed by atoms with Crippen molar-refractivity contribution in [1.29, 1.82) is 0 Å². The molecule has 6 heteroatoms. The Labute approximate surface area is 134 Å². The van der Waals surface area contributed by atoms with Gasteiger partial charge in [0.25, 0.3) is 5.91 Å². The van der Waals surface area contributed by atoms with E-state index in [0.29, 0.717) is 25.2 Å². The zero-order chi connectivity index (χ0) is 16.2. The zero-order valence-electron chi connectivity index (χ0n) is 13.1.